The third kappa shape index (κ3) is 4.09. The lowest BCUT2D eigenvalue weighted by Crippen LogP contribution is -2.63. The van der Waals surface area contributed by atoms with Crippen molar-refractivity contribution < 1.29 is 51.6 Å². The van der Waals surface area contributed by atoms with Crippen LogP contribution in [-0.2, 0) is 10.1 Å². The third-order valence-corrected chi connectivity index (χ3v) is 11.0. The molecule has 2 aromatic carbocycles. The van der Waals surface area contributed by atoms with Crippen LogP contribution in [0, 0.1) is 11.3 Å². The van der Waals surface area contributed by atoms with Gasteiger partial charge in [-0.05, 0) is 12.1 Å². The number of hydrogen-bond acceptors (Lipinski definition) is 3. The van der Waals surface area contributed by atoms with Crippen LogP contribution in [-0.4, -0.2) is 46.8 Å². The first-order valence-electron chi connectivity index (χ1n) is 9.26. The van der Waals surface area contributed by atoms with Crippen LogP contribution in [0.15, 0.2) is 41.3 Å². The molecular formula is C19H17F9NO3S2+. The molecule has 0 saturated carbocycles. The van der Waals surface area contributed by atoms with Gasteiger partial charge in [0, 0.05) is 32.6 Å². The SMILES string of the molecule is CCS(CC)([OH+]S(=O)(=O)C(F)(F)C(F)(F)C(F)(F)C(F)(F)F)c1ccc(C#N)c2ccccc12. The first-order valence-corrected chi connectivity index (χ1v) is 12.6. The van der Waals surface area contributed by atoms with Gasteiger partial charge in [-0.1, -0.05) is 38.1 Å². The number of rotatable bonds is 8. The summed E-state index contributed by atoms with van der Waals surface area (Å²) in [4.78, 5) is -0.0441. The second kappa shape index (κ2) is 8.80. The maximum Gasteiger partial charge on any atom is 0.486 e. The summed E-state index contributed by atoms with van der Waals surface area (Å²) in [7, 11) is -10.3. The molecule has 0 aliphatic carbocycles. The Bertz CT molecular complexity index is 1220. The van der Waals surface area contributed by atoms with Crippen molar-refractivity contribution in [3.63, 3.8) is 0 Å². The molecule has 0 amide bonds. The molecule has 190 valence electrons. The van der Waals surface area contributed by atoms with Gasteiger partial charge in [0.1, 0.15) is 0 Å². The first kappa shape index (κ1) is 28.1. The molecule has 4 nitrogen and oxygen atoms in total. The molecule has 0 atom stereocenters. The average molecular weight is 542 g/mol. The Morgan fingerprint density at radius 1 is 0.824 bits per heavy atom. The molecule has 0 bridgehead atoms. The molecule has 34 heavy (non-hydrogen) atoms. The van der Waals surface area contributed by atoms with Crippen molar-refractivity contribution in [2.24, 2.45) is 0 Å². The van der Waals surface area contributed by atoms with E-state index in [1.54, 1.807) is 0 Å². The number of nitrogens with zero attached hydrogens (tertiary/aromatic N) is 1. The van der Waals surface area contributed by atoms with Gasteiger partial charge >= 0.3 is 33.4 Å². The first-order chi connectivity index (χ1) is 15.4. The lowest BCUT2D eigenvalue weighted by molar-refractivity contribution is -0.382. The van der Waals surface area contributed by atoms with E-state index in [0.29, 0.717) is 0 Å². The number of fused-ring (bicyclic) bond motifs is 1. The zero-order chi connectivity index (χ0) is 26.4. The molecule has 0 spiro atoms. The van der Waals surface area contributed by atoms with Crippen LogP contribution in [0.2, 0.25) is 0 Å². The third-order valence-electron chi connectivity index (χ3n) is 5.05. The largest absolute Gasteiger partial charge is 0.486 e. The minimum atomic E-state index is -7.37. The molecule has 1 N–H and O–H groups in total. The molecule has 0 aromatic heterocycles. The normalized spacial score (nSPS) is 14.8. The van der Waals surface area contributed by atoms with Crippen LogP contribution in [0.4, 0.5) is 39.5 Å². The van der Waals surface area contributed by atoms with Crippen LogP contribution in [0.3, 0.4) is 0 Å². The summed E-state index contributed by atoms with van der Waals surface area (Å²) in [5, 5.41) is 2.77. The fourth-order valence-corrected chi connectivity index (χ4v) is 8.55. The van der Waals surface area contributed by atoms with E-state index in [-0.39, 0.29) is 32.7 Å². The number of nitriles is 1. The van der Waals surface area contributed by atoms with E-state index in [9.17, 15) is 53.2 Å². The Kier molecular flexibility index (Phi) is 7.26. The second-order valence-electron chi connectivity index (χ2n) is 6.90. The summed E-state index contributed by atoms with van der Waals surface area (Å²) in [6.45, 7) is 2.54. The van der Waals surface area contributed by atoms with E-state index in [4.69, 9.17) is 0 Å². The lowest BCUT2D eigenvalue weighted by Gasteiger charge is -2.36. The molecule has 0 aliphatic heterocycles. The van der Waals surface area contributed by atoms with Crippen LogP contribution in [0.1, 0.15) is 19.4 Å². The quantitative estimate of drug-likeness (QED) is 0.212. The number of halogens is 9. The Morgan fingerprint density at radius 3 is 1.76 bits per heavy atom. The smallest absolute Gasteiger partial charge is 0.264 e. The fraction of sp³-hybridized carbons (Fsp3) is 0.421. The van der Waals surface area contributed by atoms with Crippen molar-refractivity contribution in [2.75, 3.05) is 11.5 Å². The van der Waals surface area contributed by atoms with E-state index < -0.39 is 43.7 Å². The molecule has 0 heterocycles. The van der Waals surface area contributed by atoms with E-state index in [1.807, 2.05) is 6.07 Å². The summed E-state index contributed by atoms with van der Waals surface area (Å²) in [5.41, 5.74) is 0.101. The molecule has 15 heteroatoms. The van der Waals surface area contributed by atoms with Crippen molar-refractivity contribution in [1.82, 2.24) is 0 Å². The van der Waals surface area contributed by atoms with Crippen molar-refractivity contribution in [1.29, 1.82) is 5.26 Å². The van der Waals surface area contributed by atoms with Crippen molar-refractivity contribution in [3.8, 4) is 6.07 Å². The number of hydrogen-bond donors (Lipinski definition) is 0. The average Bonchev–Trinajstić information content (AvgIpc) is 2.75. The Hall–Kier alpha value is -2.18. The zero-order valence-electron chi connectivity index (χ0n) is 17.3. The summed E-state index contributed by atoms with van der Waals surface area (Å²) < 4.78 is 148. The maximum absolute atomic E-state index is 14.3. The van der Waals surface area contributed by atoms with Crippen molar-refractivity contribution in [2.45, 2.75) is 42.0 Å². The monoisotopic (exact) mass is 542 g/mol. The van der Waals surface area contributed by atoms with Gasteiger partial charge in [0.2, 0.25) is 0 Å². The van der Waals surface area contributed by atoms with E-state index in [1.165, 1.54) is 50.2 Å². The number of benzene rings is 2. The summed E-state index contributed by atoms with van der Waals surface area (Å²) in [6.07, 6.45) is -7.17. The lowest BCUT2D eigenvalue weighted by atomic mass is 10.1. The van der Waals surface area contributed by atoms with Crippen molar-refractivity contribution >= 4 is 31.2 Å². The van der Waals surface area contributed by atoms with E-state index in [2.05, 4.69) is 3.63 Å². The van der Waals surface area contributed by atoms with Gasteiger partial charge in [-0.3, -0.25) is 3.63 Å². The maximum atomic E-state index is 14.3. The van der Waals surface area contributed by atoms with Gasteiger partial charge in [-0.15, -0.1) is 8.42 Å². The minimum Gasteiger partial charge on any atom is -0.264 e. The standard InChI is InChI=1S/C19H16F9NO3S2/c1-3-33(4-2,15-10-9-12(11-29)13-7-5-6-8-14(13)15)32-34(30,31)19(27,28)17(22,23)16(20,21)18(24,25)26/h5-10H,3-4H2,1-2H3/p+1. The Labute approximate surface area is 189 Å². The molecule has 0 aliphatic rings. The highest BCUT2D eigenvalue weighted by atomic mass is 32.3. The molecule has 2 rings (SSSR count). The van der Waals surface area contributed by atoms with E-state index >= 15 is 0 Å². The van der Waals surface area contributed by atoms with Gasteiger partial charge in [0.15, 0.2) is 0 Å². The zero-order valence-corrected chi connectivity index (χ0v) is 18.9. The van der Waals surface area contributed by atoms with Gasteiger partial charge in [-0.25, -0.2) is 0 Å². The number of alkyl halides is 9. The van der Waals surface area contributed by atoms with Crippen LogP contribution < -0.4 is 0 Å². The highest BCUT2D eigenvalue weighted by Gasteiger charge is 2.87. The van der Waals surface area contributed by atoms with Gasteiger partial charge < -0.3 is 0 Å². The summed E-state index contributed by atoms with van der Waals surface area (Å²) in [6, 6.07) is 10.0. The van der Waals surface area contributed by atoms with Crippen LogP contribution >= 0.6 is 10.3 Å². The molecular weight excluding hydrogens is 525 g/mol. The molecule has 2 aromatic rings. The molecule has 0 saturated heterocycles. The predicted octanol–water partition coefficient (Wildman–Crippen LogP) is 6.68. The van der Waals surface area contributed by atoms with Gasteiger partial charge in [-0.2, -0.15) is 44.8 Å². The highest BCUT2D eigenvalue weighted by Crippen LogP contribution is 2.61. The van der Waals surface area contributed by atoms with E-state index in [0.717, 1.165) is 0 Å². The van der Waals surface area contributed by atoms with Crippen LogP contribution in [0.25, 0.3) is 10.8 Å². The Balaban J connectivity index is 2.73. The predicted molar refractivity (Wildman–Crippen MR) is 108 cm³/mol. The van der Waals surface area contributed by atoms with Crippen molar-refractivity contribution in [3.05, 3.63) is 42.0 Å². The van der Waals surface area contributed by atoms with Crippen LogP contribution in [0.5, 0.6) is 0 Å². The molecule has 0 radical (unpaired) electrons. The molecule has 0 unspecified atom stereocenters. The molecule has 0 fully saturated rings. The summed E-state index contributed by atoms with van der Waals surface area (Å²) in [5.74, 6) is -15.5. The Morgan fingerprint density at radius 2 is 1.32 bits per heavy atom. The van der Waals surface area contributed by atoms with Gasteiger partial charge in [0.05, 0.1) is 16.5 Å². The summed E-state index contributed by atoms with van der Waals surface area (Å²) >= 11 is 0. The second-order valence-corrected chi connectivity index (χ2v) is 12.2. The minimum absolute atomic E-state index is 0.0441. The topological polar surface area (TPSA) is 70.7 Å². The fourth-order valence-electron chi connectivity index (χ4n) is 3.12. The highest BCUT2D eigenvalue weighted by molar-refractivity contribution is 8.32. The van der Waals surface area contributed by atoms with Gasteiger partial charge in [0.25, 0.3) is 0 Å².